The first kappa shape index (κ1) is 15.7. The number of carbonyl (C=O) groups is 1. The smallest absolute Gasteiger partial charge is 0.242 e. The van der Waals surface area contributed by atoms with E-state index in [0.717, 1.165) is 32.7 Å². The fourth-order valence-corrected chi connectivity index (χ4v) is 2.97. The van der Waals surface area contributed by atoms with Gasteiger partial charge in [0.1, 0.15) is 0 Å². The van der Waals surface area contributed by atoms with Crippen LogP contribution in [0.5, 0.6) is 0 Å². The van der Waals surface area contributed by atoms with E-state index in [2.05, 4.69) is 24.1 Å². The number of nitrogens with zero attached hydrogens (tertiary/aromatic N) is 2. The van der Waals surface area contributed by atoms with Gasteiger partial charge in [-0.3, -0.25) is 9.69 Å². The molecule has 1 N–H and O–H groups in total. The van der Waals surface area contributed by atoms with E-state index < -0.39 is 0 Å². The number of piperidine rings is 1. The molecule has 2 heterocycles. The minimum Gasteiger partial charge on any atom is -0.343 e. The molecule has 1 atom stereocenters. The SMILES string of the molecule is CN1CCN(CC2CCCNC2)C(C)(C)C1=O.Cl. The van der Waals surface area contributed by atoms with Gasteiger partial charge in [0.05, 0.1) is 5.54 Å². The van der Waals surface area contributed by atoms with Gasteiger partial charge >= 0.3 is 0 Å². The fourth-order valence-electron chi connectivity index (χ4n) is 2.97. The Morgan fingerprint density at radius 2 is 2.11 bits per heavy atom. The molecule has 106 valence electrons. The number of nitrogens with one attached hydrogen (secondary N) is 1. The van der Waals surface area contributed by atoms with E-state index in [9.17, 15) is 4.79 Å². The molecule has 0 aromatic rings. The summed E-state index contributed by atoms with van der Waals surface area (Å²) in [6, 6.07) is 0. The molecule has 2 rings (SSSR count). The first-order valence-electron chi connectivity index (χ1n) is 6.73. The van der Waals surface area contributed by atoms with Crippen molar-refractivity contribution in [2.24, 2.45) is 5.92 Å². The standard InChI is InChI=1S/C13H25N3O.ClH/c1-13(2)12(17)15(3)7-8-16(13)10-11-5-4-6-14-9-11;/h11,14H,4-10H2,1-3H3;1H. The number of rotatable bonds is 2. The van der Waals surface area contributed by atoms with Crippen LogP contribution in [0.2, 0.25) is 0 Å². The highest BCUT2D eigenvalue weighted by molar-refractivity contribution is 5.86. The van der Waals surface area contributed by atoms with Gasteiger partial charge in [0, 0.05) is 26.7 Å². The largest absolute Gasteiger partial charge is 0.343 e. The topological polar surface area (TPSA) is 35.6 Å². The second-order valence-corrected chi connectivity index (χ2v) is 5.94. The van der Waals surface area contributed by atoms with Crippen LogP contribution in [-0.2, 0) is 4.79 Å². The molecule has 1 amide bonds. The number of halogens is 1. The molecule has 4 nitrogen and oxygen atoms in total. The molecule has 0 aromatic heterocycles. The van der Waals surface area contributed by atoms with E-state index in [0.29, 0.717) is 5.92 Å². The zero-order chi connectivity index (χ0) is 12.5. The van der Waals surface area contributed by atoms with Crippen molar-refractivity contribution in [3.63, 3.8) is 0 Å². The summed E-state index contributed by atoms with van der Waals surface area (Å²) in [4.78, 5) is 16.4. The predicted molar refractivity (Wildman–Crippen MR) is 76.1 cm³/mol. The Balaban J connectivity index is 0.00000162. The average molecular weight is 276 g/mol. The van der Waals surface area contributed by atoms with Crippen molar-refractivity contribution in [1.82, 2.24) is 15.1 Å². The van der Waals surface area contributed by atoms with Crippen LogP contribution in [0, 0.1) is 5.92 Å². The Morgan fingerprint density at radius 1 is 1.39 bits per heavy atom. The lowest BCUT2D eigenvalue weighted by Crippen LogP contribution is -2.63. The van der Waals surface area contributed by atoms with Gasteiger partial charge in [-0.1, -0.05) is 0 Å². The van der Waals surface area contributed by atoms with Crippen molar-refractivity contribution < 1.29 is 4.79 Å². The maximum atomic E-state index is 12.2. The zero-order valence-electron chi connectivity index (χ0n) is 11.7. The van der Waals surface area contributed by atoms with E-state index in [-0.39, 0.29) is 23.9 Å². The summed E-state index contributed by atoms with van der Waals surface area (Å²) in [6.45, 7) is 9.30. The molecule has 2 fully saturated rings. The lowest BCUT2D eigenvalue weighted by Gasteiger charge is -2.46. The van der Waals surface area contributed by atoms with Crippen LogP contribution >= 0.6 is 12.4 Å². The van der Waals surface area contributed by atoms with E-state index >= 15 is 0 Å². The molecule has 1 unspecified atom stereocenters. The van der Waals surface area contributed by atoms with Crippen LogP contribution in [0.3, 0.4) is 0 Å². The van der Waals surface area contributed by atoms with E-state index in [1.165, 1.54) is 12.8 Å². The number of hydrogen-bond acceptors (Lipinski definition) is 3. The minimum absolute atomic E-state index is 0. The number of likely N-dealkylation sites (N-methyl/N-ethyl adjacent to an activating group) is 1. The van der Waals surface area contributed by atoms with Crippen molar-refractivity contribution in [2.75, 3.05) is 39.8 Å². The number of piperazine rings is 1. The molecule has 0 saturated carbocycles. The Kier molecular flexibility index (Phi) is 5.44. The Hall–Kier alpha value is -0.320. The quantitative estimate of drug-likeness (QED) is 0.816. The summed E-state index contributed by atoms with van der Waals surface area (Å²) >= 11 is 0. The fraction of sp³-hybridized carbons (Fsp3) is 0.923. The molecule has 2 saturated heterocycles. The highest BCUT2D eigenvalue weighted by Crippen LogP contribution is 2.24. The van der Waals surface area contributed by atoms with Crippen LogP contribution < -0.4 is 5.32 Å². The van der Waals surface area contributed by atoms with Crippen LogP contribution in [0.4, 0.5) is 0 Å². The molecule has 0 aromatic carbocycles. The summed E-state index contributed by atoms with van der Waals surface area (Å²) in [5.41, 5.74) is -0.329. The maximum Gasteiger partial charge on any atom is 0.242 e. The monoisotopic (exact) mass is 275 g/mol. The van der Waals surface area contributed by atoms with Gasteiger partial charge in [0.2, 0.25) is 5.91 Å². The normalized spacial score (nSPS) is 28.9. The molecular weight excluding hydrogens is 250 g/mol. The van der Waals surface area contributed by atoms with Crippen LogP contribution in [0.15, 0.2) is 0 Å². The van der Waals surface area contributed by atoms with E-state index in [4.69, 9.17) is 0 Å². The molecule has 0 radical (unpaired) electrons. The number of hydrogen-bond donors (Lipinski definition) is 1. The van der Waals surface area contributed by atoms with Crippen molar-refractivity contribution in [3.05, 3.63) is 0 Å². The predicted octanol–water partition coefficient (Wildman–Crippen LogP) is 0.960. The molecule has 5 heteroatoms. The molecular formula is C13H26ClN3O. The average Bonchev–Trinajstić information content (AvgIpc) is 2.32. The number of amides is 1. The van der Waals surface area contributed by atoms with Crippen molar-refractivity contribution >= 4 is 18.3 Å². The first-order chi connectivity index (χ1) is 8.01. The third-order valence-corrected chi connectivity index (χ3v) is 4.24. The zero-order valence-corrected chi connectivity index (χ0v) is 12.6. The molecule has 0 spiro atoms. The maximum absolute atomic E-state index is 12.2. The summed E-state index contributed by atoms with van der Waals surface area (Å²) in [5.74, 6) is 0.965. The third-order valence-electron chi connectivity index (χ3n) is 4.24. The lowest BCUT2D eigenvalue weighted by molar-refractivity contribution is -0.147. The van der Waals surface area contributed by atoms with Crippen molar-refractivity contribution in [1.29, 1.82) is 0 Å². The van der Waals surface area contributed by atoms with Gasteiger partial charge in [0.25, 0.3) is 0 Å². The summed E-state index contributed by atoms with van der Waals surface area (Å²) in [7, 11) is 1.91. The van der Waals surface area contributed by atoms with Crippen molar-refractivity contribution in [2.45, 2.75) is 32.2 Å². The Morgan fingerprint density at radius 3 is 2.72 bits per heavy atom. The van der Waals surface area contributed by atoms with Gasteiger partial charge in [-0.2, -0.15) is 0 Å². The Bertz CT molecular complexity index is 290. The minimum atomic E-state index is -0.329. The van der Waals surface area contributed by atoms with Gasteiger partial charge in [0.15, 0.2) is 0 Å². The number of carbonyl (C=O) groups excluding carboxylic acids is 1. The first-order valence-corrected chi connectivity index (χ1v) is 6.73. The summed E-state index contributed by atoms with van der Waals surface area (Å²) in [6.07, 6.45) is 2.57. The highest BCUT2D eigenvalue weighted by atomic mass is 35.5. The van der Waals surface area contributed by atoms with Crippen LogP contribution in [-0.4, -0.2) is 61.0 Å². The van der Waals surface area contributed by atoms with Crippen LogP contribution in [0.1, 0.15) is 26.7 Å². The molecule has 2 aliphatic heterocycles. The molecule has 2 aliphatic rings. The van der Waals surface area contributed by atoms with Gasteiger partial charge in [-0.25, -0.2) is 0 Å². The molecule has 0 aliphatic carbocycles. The second-order valence-electron chi connectivity index (χ2n) is 5.94. The van der Waals surface area contributed by atoms with Gasteiger partial charge in [-0.05, 0) is 45.7 Å². The van der Waals surface area contributed by atoms with E-state index in [1.807, 2.05) is 11.9 Å². The summed E-state index contributed by atoms with van der Waals surface area (Å²) in [5, 5.41) is 3.45. The third kappa shape index (κ3) is 3.16. The van der Waals surface area contributed by atoms with Gasteiger partial charge in [-0.15, -0.1) is 12.4 Å². The highest BCUT2D eigenvalue weighted by Gasteiger charge is 2.40. The van der Waals surface area contributed by atoms with Crippen molar-refractivity contribution in [3.8, 4) is 0 Å². The molecule has 18 heavy (non-hydrogen) atoms. The second kappa shape index (κ2) is 6.22. The van der Waals surface area contributed by atoms with Gasteiger partial charge < -0.3 is 10.2 Å². The summed E-state index contributed by atoms with van der Waals surface area (Å²) < 4.78 is 0. The Labute approximate surface area is 116 Å². The molecule has 0 bridgehead atoms. The van der Waals surface area contributed by atoms with E-state index in [1.54, 1.807) is 0 Å². The lowest BCUT2D eigenvalue weighted by atomic mass is 9.93. The van der Waals surface area contributed by atoms with Crippen LogP contribution in [0.25, 0.3) is 0 Å².